The number of halogens is 1. The second kappa shape index (κ2) is 4.60. The Morgan fingerprint density at radius 3 is 2.64 bits per heavy atom. The first kappa shape index (κ1) is 12.0. The first-order chi connectivity index (χ1) is 6.47. The van der Waals surface area contributed by atoms with Gasteiger partial charge in [0.25, 0.3) is 0 Å². The van der Waals surface area contributed by atoms with Gasteiger partial charge in [0.05, 0.1) is 0 Å². The lowest BCUT2D eigenvalue weighted by molar-refractivity contribution is 0.470. The lowest BCUT2D eigenvalue weighted by Gasteiger charge is -2.26. The second-order valence-corrected chi connectivity index (χ2v) is 5.60. The average Bonchev–Trinajstić information content (AvgIpc) is 2.09. The molecule has 2 heteroatoms. The van der Waals surface area contributed by atoms with Crippen LogP contribution in [0.4, 0.5) is 0 Å². The second-order valence-electron chi connectivity index (χ2n) is 4.44. The fourth-order valence-corrected chi connectivity index (χ4v) is 2.85. The van der Waals surface area contributed by atoms with Gasteiger partial charge in [-0.05, 0) is 53.0 Å². The number of aryl methyl sites for hydroxylation is 1. The molecule has 0 aliphatic heterocycles. The molecular formula is C12H18IN. The standard InChI is InChI=1S/C12H18IN/c1-5-6-12(3,4)10-7-9(2)14-8-11(10)13/h7-8H,5-6H2,1-4H3. The van der Waals surface area contributed by atoms with Crippen molar-refractivity contribution in [3.63, 3.8) is 0 Å². The Balaban J connectivity index is 3.10. The molecule has 0 unspecified atom stereocenters. The summed E-state index contributed by atoms with van der Waals surface area (Å²) >= 11 is 2.38. The van der Waals surface area contributed by atoms with Gasteiger partial charge in [0.2, 0.25) is 0 Å². The summed E-state index contributed by atoms with van der Waals surface area (Å²) in [6.07, 6.45) is 4.43. The molecule has 14 heavy (non-hydrogen) atoms. The number of nitrogens with zero attached hydrogens (tertiary/aromatic N) is 1. The third-order valence-electron chi connectivity index (χ3n) is 2.60. The molecule has 0 aliphatic rings. The Morgan fingerprint density at radius 1 is 1.43 bits per heavy atom. The van der Waals surface area contributed by atoms with Gasteiger partial charge in [0, 0.05) is 15.5 Å². The number of hydrogen-bond donors (Lipinski definition) is 0. The summed E-state index contributed by atoms with van der Waals surface area (Å²) < 4.78 is 1.28. The van der Waals surface area contributed by atoms with Crippen LogP contribution in [0.1, 0.15) is 44.9 Å². The highest BCUT2D eigenvalue weighted by Crippen LogP contribution is 2.31. The smallest absolute Gasteiger partial charge is 0.0407 e. The quantitative estimate of drug-likeness (QED) is 0.767. The van der Waals surface area contributed by atoms with Crippen LogP contribution in [-0.4, -0.2) is 4.98 Å². The lowest BCUT2D eigenvalue weighted by atomic mass is 9.81. The summed E-state index contributed by atoms with van der Waals surface area (Å²) in [5.74, 6) is 0. The SMILES string of the molecule is CCCC(C)(C)c1cc(C)ncc1I. The van der Waals surface area contributed by atoms with Gasteiger partial charge in [0.1, 0.15) is 0 Å². The molecular weight excluding hydrogens is 285 g/mol. The molecule has 1 aromatic rings. The molecule has 1 rings (SSSR count). The molecule has 78 valence electrons. The van der Waals surface area contributed by atoms with E-state index in [2.05, 4.69) is 61.3 Å². The number of pyridine rings is 1. The van der Waals surface area contributed by atoms with Crippen LogP contribution in [0.15, 0.2) is 12.3 Å². The van der Waals surface area contributed by atoms with Gasteiger partial charge in [-0.15, -0.1) is 0 Å². The van der Waals surface area contributed by atoms with Gasteiger partial charge < -0.3 is 0 Å². The summed E-state index contributed by atoms with van der Waals surface area (Å²) in [4.78, 5) is 4.31. The van der Waals surface area contributed by atoms with Gasteiger partial charge in [-0.3, -0.25) is 4.98 Å². The molecule has 0 aliphatic carbocycles. The molecule has 0 saturated heterocycles. The predicted octanol–water partition coefficient (Wildman–Crippen LogP) is 4.07. The Morgan fingerprint density at radius 2 is 2.07 bits per heavy atom. The average molecular weight is 303 g/mol. The Kier molecular flexibility index (Phi) is 3.93. The minimum absolute atomic E-state index is 0.277. The fourth-order valence-electron chi connectivity index (χ4n) is 1.82. The third-order valence-corrected chi connectivity index (χ3v) is 3.46. The van der Waals surface area contributed by atoms with E-state index in [1.54, 1.807) is 0 Å². The Hall–Kier alpha value is -0.120. The van der Waals surface area contributed by atoms with Crippen molar-refractivity contribution in [2.75, 3.05) is 0 Å². The van der Waals surface area contributed by atoms with E-state index in [0.717, 1.165) is 5.69 Å². The molecule has 0 amide bonds. The summed E-state index contributed by atoms with van der Waals surface area (Å²) in [7, 11) is 0. The molecule has 0 aromatic carbocycles. The largest absolute Gasteiger partial charge is 0.260 e. The Labute approximate surface area is 100 Å². The van der Waals surface area contributed by atoms with Gasteiger partial charge in [-0.25, -0.2) is 0 Å². The van der Waals surface area contributed by atoms with E-state index < -0.39 is 0 Å². The molecule has 0 fully saturated rings. The minimum atomic E-state index is 0.277. The Bertz CT molecular complexity index is 318. The van der Waals surface area contributed by atoms with Crippen LogP contribution in [0.25, 0.3) is 0 Å². The van der Waals surface area contributed by atoms with E-state index >= 15 is 0 Å². The van der Waals surface area contributed by atoms with E-state index in [1.807, 2.05) is 6.20 Å². The molecule has 0 radical (unpaired) electrons. The minimum Gasteiger partial charge on any atom is -0.260 e. The maximum Gasteiger partial charge on any atom is 0.0407 e. The first-order valence-electron chi connectivity index (χ1n) is 5.10. The summed E-state index contributed by atoms with van der Waals surface area (Å²) in [5.41, 5.74) is 2.83. The van der Waals surface area contributed by atoms with E-state index in [-0.39, 0.29) is 5.41 Å². The van der Waals surface area contributed by atoms with Gasteiger partial charge in [-0.2, -0.15) is 0 Å². The molecule has 1 heterocycles. The molecule has 0 atom stereocenters. The van der Waals surface area contributed by atoms with E-state index in [0.29, 0.717) is 0 Å². The zero-order valence-corrected chi connectivity index (χ0v) is 11.6. The first-order valence-corrected chi connectivity index (χ1v) is 6.18. The highest BCUT2D eigenvalue weighted by atomic mass is 127. The molecule has 0 N–H and O–H groups in total. The van der Waals surface area contributed by atoms with Crippen LogP contribution in [-0.2, 0) is 5.41 Å². The highest BCUT2D eigenvalue weighted by molar-refractivity contribution is 14.1. The zero-order chi connectivity index (χ0) is 10.8. The topological polar surface area (TPSA) is 12.9 Å². The van der Waals surface area contributed by atoms with Crippen LogP contribution in [0.2, 0.25) is 0 Å². The van der Waals surface area contributed by atoms with Crippen LogP contribution < -0.4 is 0 Å². The van der Waals surface area contributed by atoms with Crippen molar-refractivity contribution in [2.45, 2.75) is 46.0 Å². The number of aromatic nitrogens is 1. The van der Waals surface area contributed by atoms with Crippen LogP contribution in [0, 0.1) is 10.5 Å². The van der Waals surface area contributed by atoms with E-state index in [4.69, 9.17) is 0 Å². The molecule has 0 saturated carbocycles. The maximum atomic E-state index is 4.31. The summed E-state index contributed by atoms with van der Waals surface area (Å²) in [6, 6.07) is 2.22. The van der Waals surface area contributed by atoms with E-state index in [9.17, 15) is 0 Å². The van der Waals surface area contributed by atoms with Crippen molar-refractivity contribution in [1.82, 2.24) is 4.98 Å². The van der Waals surface area contributed by atoms with Crippen LogP contribution in [0.3, 0.4) is 0 Å². The highest BCUT2D eigenvalue weighted by Gasteiger charge is 2.22. The fraction of sp³-hybridized carbons (Fsp3) is 0.583. The third kappa shape index (κ3) is 2.69. The van der Waals surface area contributed by atoms with Crippen LogP contribution in [0.5, 0.6) is 0 Å². The van der Waals surface area contributed by atoms with Gasteiger partial charge in [-0.1, -0.05) is 27.2 Å². The van der Waals surface area contributed by atoms with Crippen molar-refractivity contribution in [2.24, 2.45) is 0 Å². The monoisotopic (exact) mass is 303 g/mol. The summed E-state index contributed by atoms with van der Waals surface area (Å²) in [5, 5.41) is 0. The van der Waals surface area contributed by atoms with E-state index in [1.165, 1.54) is 22.0 Å². The lowest BCUT2D eigenvalue weighted by Crippen LogP contribution is -2.18. The summed E-state index contributed by atoms with van der Waals surface area (Å²) in [6.45, 7) is 8.92. The molecule has 1 nitrogen and oxygen atoms in total. The van der Waals surface area contributed by atoms with Crippen LogP contribution >= 0.6 is 22.6 Å². The number of rotatable bonds is 3. The van der Waals surface area contributed by atoms with Crippen molar-refractivity contribution in [1.29, 1.82) is 0 Å². The molecule has 0 spiro atoms. The molecule has 1 aromatic heterocycles. The zero-order valence-electron chi connectivity index (χ0n) is 9.39. The van der Waals surface area contributed by atoms with Crippen molar-refractivity contribution >= 4 is 22.6 Å². The van der Waals surface area contributed by atoms with Crippen molar-refractivity contribution < 1.29 is 0 Å². The predicted molar refractivity (Wildman–Crippen MR) is 69.6 cm³/mol. The number of hydrogen-bond acceptors (Lipinski definition) is 1. The normalized spacial score (nSPS) is 11.8. The van der Waals surface area contributed by atoms with Gasteiger partial charge >= 0.3 is 0 Å². The molecule has 0 bridgehead atoms. The van der Waals surface area contributed by atoms with Gasteiger partial charge in [0.15, 0.2) is 0 Å². The van der Waals surface area contributed by atoms with Crippen molar-refractivity contribution in [3.05, 3.63) is 27.1 Å². The maximum absolute atomic E-state index is 4.31. The van der Waals surface area contributed by atoms with Crippen molar-refractivity contribution in [3.8, 4) is 0 Å².